The summed E-state index contributed by atoms with van der Waals surface area (Å²) in [5.41, 5.74) is 15.1. The minimum atomic E-state index is -0.0765. The molecule has 1 radical (unpaired) electrons. The fourth-order valence-corrected chi connectivity index (χ4v) is 10.8. The molecule has 8 aromatic carbocycles. The number of anilines is 2. The number of fused-ring (bicyclic) bond motifs is 12. The van der Waals surface area contributed by atoms with Crippen molar-refractivity contribution in [3.05, 3.63) is 163 Å². The van der Waals surface area contributed by atoms with Gasteiger partial charge in [0.25, 0.3) is 0 Å². The van der Waals surface area contributed by atoms with Gasteiger partial charge in [0.15, 0.2) is 7.28 Å². The molecule has 10 aromatic rings. The Hall–Kier alpha value is -6.10. The standard InChI is InChI=1S/C49H32BN2S/c1-49(2)38-19-9-7-16-33(38)34-23-22-31(27-39(34)49)51-41-25-29-13-4-3-12-28(29)24-37(41)44-32-15-6-5-14-30(32)26-42-46(44)50-40-20-11-18-36-45-35-17-8-10-21-43(35)53-48(45)52(42)47(36)40/h3-27,51H,1-2H3. The molecule has 2 nitrogen and oxygen atoms in total. The van der Waals surface area contributed by atoms with E-state index in [0.717, 1.165) is 11.4 Å². The van der Waals surface area contributed by atoms with Crippen molar-refractivity contribution in [2.24, 2.45) is 0 Å². The van der Waals surface area contributed by atoms with Crippen LogP contribution in [0.1, 0.15) is 25.0 Å². The third kappa shape index (κ3) is 3.99. The van der Waals surface area contributed by atoms with Gasteiger partial charge in [-0.2, -0.15) is 0 Å². The summed E-state index contributed by atoms with van der Waals surface area (Å²) in [7, 11) is 2.44. The van der Waals surface area contributed by atoms with Crippen LogP contribution < -0.4 is 16.2 Å². The first-order valence-electron chi connectivity index (χ1n) is 18.4. The topological polar surface area (TPSA) is 17.0 Å². The number of hydrogen-bond acceptors (Lipinski definition) is 2. The molecule has 247 valence electrons. The van der Waals surface area contributed by atoms with E-state index in [4.69, 9.17) is 0 Å². The highest BCUT2D eigenvalue weighted by Crippen LogP contribution is 2.50. The van der Waals surface area contributed by atoms with Gasteiger partial charge in [0.05, 0.1) is 0 Å². The molecule has 2 aliphatic rings. The fourth-order valence-electron chi connectivity index (χ4n) is 9.52. The number of benzene rings is 8. The predicted octanol–water partition coefficient (Wildman–Crippen LogP) is 12.0. The summed E-state index contributed by atoms with van der Waals surface area (Å²) < 4.78 is 3.89. The summed E-state index contributed by atoms with van der Waals surface area (Å²) in [4.78, 5) is 1.31. The maximum Gasteiger partial charge on any atom is 0.197 e. The van der Waals surface area contributed by atoms with E-state index in [0.29, 0.717) is 0 Å². The van der Waals surface area contributed by atoms with Gasteiger partial charge in [-0.25, -0.2) is 0 Å². The van der Waals surface area contributed by atoms with Crippen molar-refractivity contribution in [3.8, 4) is 27.9 Å². The van der Waals surface area contributed by atoms with E-state index >= 15 is 0 Å². The first-order valence-corrected chi connectivity index (χ1v) is 19.2. The predicted molar refractivity (Wildman–Crippen MR) is 229 cm³/mol. The molecule has 2 aromatic heterocycles. The number of nitrogens with one attached hydrogen (secondary N) is 1. The van der Waals surface area contributed by atoms with Crippen LogP contribution in [0.15, 0.2) is 152 Å². The van der Waals surface area contributed by atoms with Crippen molar-refractivity contribution in [2.75, 3.05) is 5.32 Å². The van der Waals surface area contributed by atoms with Crippen LogP contribution >= 0.6 is 11.3 Å². The van der Waals surface area contributed by atoms with Crippen LogP contribution in [0.4, 0.5) is 11.4 Å². The summed E-state index contributed by atoms with van der Waals surface area (Å²) in [6.45, 7) is 4.70. The van der Waals surface area contributed by atoms with Gasteiger partial charge in [0, 0.05) is 54.4 Å². The molecule has 4 heteroatoms. The van der Waals surface area contributed by atoms with Crippen LogP contribution in [0, 0.1) is 0 Å². The van der Waals surface area contributed by atoms with E-state index in [-0.39, 0.29) is 5.41 Å². The highest BCUT2D eigenvalue weighted by molar-refractivity contribution is 7.25. The molecule has 3 heterocycles. The van der Waals surface area contributed by atoms with Crippen molar-refractivity contribution in [2.45, 2.75) is 19.3 Å². The van der Waals surface area contributed by atoms with Crippen LogP contribution in [0.5, 0.6) is 0 Å². The van der Waals surface area contributed by atoms with Crippen LogP contribution in [0.25, 0.3) is 80.7 Å². The van der Waals surface area contributed by atoms with E-state index in [1.165, 1.54) is 103 Å². The summed E-state index contributed by atoms with van der Waals surface area (Å²) in [6, 6.07) is 56.3. The first kappa shape index (κ1) is 29.5. The number of rotatable bonds is 3. The molecule has 1 aliphatic carbocycles. The molecule has 0 amide bonds. The van der Waals surface area contributed by atoms with Crippen molar-refractivity contribution < 1.29 is 0 Å². The number of nitrogens with zero attached hydrogens (tertiary/aromatic N) is 1. The van der Waals surface area contributed by atoms with Gasteiger partial charge in [0.1, 0.15) is 4.83 Å². The van der Waals surface area contributed by atoms with E-state index in [2.05, 4.69) is 183 Å². The third-order valence-electron chi connectivity index (χ3n) is 12.0. The lowest BCUT2D eigenvalue weighted by atomic mass is 9.58. The van der Waals surface area contributed by atoms with Crippen molar-refractivity contribution in [3.63, 3.8) is 0 Å². The van der Waals surface area contributed by atoms with Crippen molar-refractivity contribution in [1.29, 1.82) is 0 Å². The van der Waals surface area contributed by atoms with Gasteiger partial charge in [-0.1, -0.05) is 135 Å². The van der Waals surface area contributed by atoms with Gasteiger partial charge in [0.2, 0.25) is 0 Å². The summed E-state index contributed by atoms with van der Waals surface area (Å²) >= 11 is 1.90. The molecular weight excluding hydrogens is 659 g/mol. The van der Waals surface area contributed by atoms with Gasteiger partial charge in [-0.05, 0) is 91.2 Å². The van der Waals surface area contributed by atoms with Gasteiger partial charge < -0.3 is 9.88 Å². The Kier molecular flexibility index (Phi) is 5.84. The highest BCUT2D eigenvalue weighted by Gasteiger charge is 2.35. The molecule has 1 aliphatic heterocycles. The number of hydrogen-bond donors (Lipinski definition) is 1. The van der Waals surface area contributed by atoms with Gasteiger partial charge in [-0.15, -0.1) is 11.3 Å². The fraction of sp³-hybridized carbons (Fsp3) is 0.0612. The molecule has 0 bridgehead atoms. The highest BCUT2D eigenvalue weighted by atomic mass is 32.1. The average Bonchev–Trinajstić information content (AvgIpc) is 3.80. The molecule has 53 heavy (non-hydrogen) atoms. The lowest BCUT2D eigenvalue weighted by molar-refractivity contribution is 0.660. The van der Waals surface area contributed by atoms with Crippen LogP contribution in [0.3, 0.4) is 0 Å². The Labute approximate surface area is 312 Å². The zero-order valence-corrected chi connectivity index (χ0v) is 30.2. The zero-order valence-electron chi connectivity index (χ0n) is 29.4. The van der Waals surface area contributed by atoms with Gasteiger partial charge >= 0.3 is 0 Å². The Morgan fingerprint density at radius 3 is 2.19 bits per heavy atom. The number of thiophene rings is 1. The lowest BCUT2D eigenvalue weighted by Crippen LogP contribution is -2.37. The Bertz CT molecular complexity index is 3220. The molecule has 0 unspecified atom stereocenters. The minimum absolute atomic E-state index is 0.0765. The molecule has 0 saturated carbocycles. The Morgan fingerprint density at radius 1 is 0.585 bits per heavy atom. The number of aromatic nitrogens is 1. The first-order chi connectivity index (χ1) is 26.0. The second-order valence-electron chi connectivity index (χ2n) is 15.2. The van der Waals surface area contributed by atoms with Gasteiger partial charge in [-0.3, -0.25) is 0 Å². The van der Waals surface area contributed by atoms with Crippen molar-refractivity contribution in [1.82, 2.24) is 4.57 Å². The molecule has 0 saturated heterocycles. The molecule has 1 N–H and O–H groups in total. The van der Waals surface area contributed by atoms with E-state index < -0.39 is 0 Å². The Morgan fingerprint density at radius 2 is 1.30 bits per heavy atom. The smallest absolute Gasteiger partial charge is 0.197 e. The lowest BCUT2D eigenvalue weighted by Gasteiger charge is -2.26. The molecule has 0 spiro atoms. The zero-order chi connectivity index (χ0) is 35.0. The summed E-state index contributed by atoms with van der Waals surface area (Å²) in [5, 5.41) is 12.9. The maximum absolute atomic E-state index is 3.99. The van der Waals surface area contributed by atoms with Crippen molar-refractivity contribution >= 4 is 93.7 Å². The second kappa shape index (κ2) is 10.5. The molecule has 0 fully saturated rings. The molecular formula is C49H32BN2S. The minimum Gasteiger partial charge on any atom is -0.355 e. The Balaban J connectivity index is 1.13. The number of para-hydroxylation sites is 1. The van der Waals surface area contributed by atoms with Crippen LogP contribution in [-0.4, -0.2) is 11.8 Å². The monoisotopic (exact) mass is 691 g/mol. The van der Waals surface area contributed by atoms with Crippen LogP contribution in [0.2, 0.25) is 0 Å². The quantitative estimate of drug-likeness (QED) is 0.183. The van der Waals surface area contributed by atoms with E-state index in [1.54, 1.807) is 0 Å². The SMILES string of the molecule is CC1(C)c2ccccc2-c2ccc(Nc3cc4ccccc4cc3-c3c4c(cc5ccccc35)-n3c5sc6ccccc6c5c5cccc(c53)[B]4)cc21. The van der Waals surface area contributed by atoms with Crippen LogP contribution in [-0.2, 0) is 5.41 Å². The molecule has 12 rings (SSSR count). The molecule has 0 atom stereocenters. The van der Waals surface area contributed by atoms with E-state index in [1.807, 2.05) is 11.3 Å². The average molecular weight is 692 g/mol. The maximum atomic E-state index is 3.99. The largest absolute Gasteiger partial charge is 0.355 e. The normalized spacial score (nSPS) is 13.8. The van der Waals surface area contributed by atoms with E-state index in [9.17, 15) is 0 Å². The third-order valence-corrected chi connectivity index (χ3v) is 13.1. The summed E-state index contributed by atoms with van der Waals surface area (Å²) in [5.74, 6) is 0. The second-order valence-corrected chi connectivity index (χ2v) is 16.2. The summed E-state index contributed by atoms with van der Waals surface area (Å²) in [6.07, 6.45) is 0.